The van der Waals surface area contributed by atoms with Crippen molar-refractivity contribution in [3.8, 4) is 11.3 Å². The minimum atomic E-state index is 0. The van der Waals surface area contributed by atoms with Gasteiger partial charge in [0.1, 0.15) is 0 Å². The van der Waals surface area contributed by atoms with Gasteiger partial charge >= 0.3 is 0 Å². The van der Waals surface area contributed by atoms with Gasteiger partial charge in [0.05, 0.1) is 11.9 Å². The van der Waals surface area contributed by atoms with Gasteiger partial charge in [-0.25, -0.2) is 0 Å². The molecule has 21 heavy (non-hydrogen) atoms. The minimum absolute atomic E-state index is 0. The molecule has 2 aromatic rings. The quantitative estimate of drug-likeness (QED) is 0.887. The molecule has 3 rings (SSSR count). The average molecular weight is 327 g/mol. The monoisotopic (exact) mass is 326 g/mol. The lowest BCUT2D eigenvalue weighted by Crippen LogP contribution is -2.36. The molecular weight excluding hydrogens is 304 g/mol. The summed E-state index contributed by atoms with van der Waals surface area (Å²) in [4.78, 5) is 2.55. The molecule has 1 aliphatic heterocycles. The van der Waals surface area contributed by atoms with E-state index in [2.05, 4.69) is 37.2 Å². The molecular formula is C15H23ClN4S. The van der Waals surface area contributed by atoms with Crippen molar-refractivity contribution in [2.75, 3.05) is 26.7 Å². The first kappa shape index (κ1) is 16.5. The summed E-state index contributed by atoms with van der Waals surface area (Å²) in [6.45, 7) is 4.55. The van der Waals surface area contributed by atoms with Gasteiger partial charge in [-0.2, -0.15) is 16.4 Å². The standard InChI is InChI=1S/C15H22N4S.ClH/c1-16-8-12-2-5-19(6-3-12)10-14-9-17-18-15(14)13-4-7-20-11-13;/h4,7,9,11-12,16H,2-3,5-6,8,10H2,1H3,(H,17,18);1H. The summed E-state index contributed by atoms with van der Waals surface area (Å²) < 4.78 is 0. The van der Waals surface area contributed by atoms with Crippen LogP contribution in [0.3, 0.4) is 0 Å². The molecule has 1 fully saturated rings. The van der Waals surface area contributed by atoms with Crippen molar-refractivity contribution in [3.63, 3.8) is 0 Å². The van der Waals surface area contributed by atoms with Crippen molar-refractivity contribution in [1.29, 1.82) is 0 Å². The first-order chi connectivity index (χ1) is 9.86. The average Bonchev–Trinajstić information content (AvgIpc) is 3.12. The van der Waals surface area contributed by atoms with E-state index in [1.165, 1.54) is 42.8 Å². The molecule has 1 saturated heterocycles. The Morgan fingerprint density at radius 2 is 2.24 bits per heavy atom. The number of aromatic nitrogens is 2. The maximum Gasteiger partial charge on any atom is 0.0703 e. The van der Waals surface area contributed by atoms with Gasteiger partial charge in [-0.05, 0) is 56.9 Å². The van der Waals surface area contributed by atoms with Crippen molar-refractivity contribution in [2.24, 2.45) is 5.92 Å². The summed E-state index contributed by atoms with van der Waals surface area (Å²) in [5.41, 5.74) is 3.76. The lowest BCUT2D eigenvalue weighted by molar-refractivity contribution is 0.177. The molecule has 2 aromatic heterocycles. The van der Waals surface area contributed by atoms with Crippen molar-refractivity contribution in [1.82, 2.24) is 20.4 Å². The van der Waals surface area contributed by atoms with E-state index in [-0.39, 0.29) is 12.4 Å². The van der Waals surface area contributed by atoms with Gasteiger partial charge < -0.3 is 5.32 Å². The van der Waals surface area contributed by atoms with Gasteiger partial charge in [0.25, 0.3) is 0 Å². The Balaban J connectivity index is 0.00000161. The number of H-pyrrole nitrogens is 1. The van der Waals surface area contributed by atoms with E-state index in [0.29, 0.717) is 0 Å². The second-order valence-corrected chi connectivity index (χ2v) is 6.34. The lowest BCUT2D eigenvalue weighted by Gasteiger charge is -2.31. The molecule has 0 aliphatic carbocycles. The highest BCUT2D eigenvalue weighted by atomic mass is 35.5. The number of nitrogens with zero attached hydrogens (tertiary/aromatic N) is 2. The number of piperidine rings is 1. The fourth-order valence-corrected chi connectivity index (χ4v) is 3.61. The first-order valence-corrected chi connectivity index (χ1v) is 8.23. The number of hydrogen-bond acceptors (Lipinski definition) is 4. The zero-order chi connectivity index (χ0) is 13.8. The maximum absolute atomic E-state index is 4.23. The van der Waals surface area contributed by atoms with E-state index in [4.69, 9.17) is 0 Å². The van der Waals surface area contributed by atoms with Crippen LogP contribution in [0.5, 0.6) is 0 Å². The van der Waals surface area contributed by atoms with Gasteiger partial charge in [0.2, 0.25) is 0 Å². The molecule has 0 amide bonds. The predicted molar refractivity (Wildman–Crippen MR) is 91.1 cm³/mol. The van der Waals surface area contributed by atoms with Crippen LogP contribution in [0.1, 0.15) is 18.4 Å². The molecule has 0 saturated carbocycles. The van der Waals surface area contributed by atoms with Gasteiger partial charge in [-0.3, -0.25) is 10.00 Å². The Morgan fingerprint density at radius 3 is 2.90 bits per heavy atom. The van der Waals surface area contributed by atoms with Gasteiger partial charge in [-0.15, -0.1) is 12.4 Å². The van der Waals surface area contributed by atoms with E-state index < -0.39 is 0 Å². The van der Waals surface area contributed by atoms with Gasteiger partial charge in [-0.1, -0.05) is 0 Å². The third-order valence-electron chi connectivity index (χ3n) is 4.12. The van der Waals surface area contributed by atoms with Crippen LogP contribution >= 0.6 is 23.7 Å². The highest BCUT2D eigenvalue weighted by Gasteiger charge is 2.20. The number of thiophene rings is 1. The Kier molecular flexibility index (Phi) is 6.23. The zero-order valence-electron chi connectivity index (χ0n) is 12.3. The van der Waals surface area contributed by atoms with Crippen LogP contribution in [0.2, 0.25) is 0 Å². The number of aromatic amines is 1. The van der Waals surface area contributed by atoms with Crippen LogP contribution in [0.15, 0.2) is 23.0 Å². The Morgan fingerprint density at radius 1 is 1.43 bits per heavy atom. The van der Waals surface area contributed by atoms with E-state index in [1.54, 1.807) is 11.3 Å². The summed E-state index contributed by atoms with van der Waals surface area (Å²) in [6.07, 6.45) is 4.58. The number of likely N-dealkylation sites (tertiary alicyclic amines) is 1. The zero-order valence-corrected chi connectivity index (χ0v) is 14.0. The Labute approximate surface area is 136 Å². The normalized spacial score (nSPS) is 16.8. The second-order valence-electron chi connectivity index (χ2n) is 5.56. The molecule has 0 bridgehead atoms. The molecule has 6 heteroatoms. The number of nitrogens with one attached hydrogen (secondary N) is 2. The molecule has 1 aliphatic rings. The van der Waals surface area contributed by atoms with E-state index in [9.17, 15) is 0 Å². The van der Waals surface area contributed by atoms with Gasteiger partial charge in [0, 0.05) is 23.1 Å². The van der Waals surface area contributed by atoms with Gasteiger partial charge in [0.15, 0.2) is 0 Å². The van der Waals surface area contributed by atoms with Crippen molar-refractivity contribution < 1.29 is 0 Å². The number of hydrogen-bond donors (Lipinski definition) is 2. The number of rotatable bonds is 5. The summed E-state index contributed by atoms with van der Waals surface area (Å²) >= 11 is 1.73. The molecule has 0 radical (unpaired) electrons. The summed E-state index contributed by atoms with van der Waals surface area (Å²) in [6, 6.07) is 2.15. The van der Waals surface area contributed by atoms with Crippen LogP contribution < -0.4 is 5.32 Å². The topological polar surface area (TPSA) is 44.0 Å². The first-order valence-electron chi connectivity index (χ1n) is 7.28. The second kappa shape index (κ2) is 7.94. The maximum atomic E-state index is 4.23. The molecule has 0 aromatic carbocycles. The highest BCUT2D eigenvalue weighted by molar-refractivity contribution is 7.08. The lowest BCUT2D eigenvalue weighted by atomic mass is 9.96. The van der Waals surface area contributed by atoms with E-state index in [1.807, 2.05) is 13.2 Å². The van der Waals surface area contributed by atoms with E-state index >= 15 is 0 Å². The summed E-state index contributed by atoms with van der Waals surface area (Å²) in [7, 11) is 2.05. The van der Waals surface area contributed by atoms with Crippen LogP contribution in [0, 0.1) is 5.92 Å². The molecule has 0 atom stereocenters. The third kappa shape index (κ3) is 4.07. The van der Waals surface area contributed by atoms with Crippen molar-refractivity contribution in [2.45, 2.75) is 19.4 Å². The van der Waals surface area contributed by atoms with E-state index in [0.717, 1.165) is 19.0 Å². The molecule has 0 unspecified atom stereocenters. The molecule has 0 spiro atoms. The Hall–Kier alpha value is -0.880. The summed E-state index contributed by atoms with van der Waals surface area (Å²) in [5, 5.41) is 15.0. The fraction of sp³-hybridized carbons (Fsp3) is 0.533. The Bertz CT molecular complexity index is 518. The van der Waals surface area contributed by atoms with Crippen molar-refractivity contribution in [3.05, 3.63) is 28.6 Å². The smallest absolute Gasteiger partial charge is 0.0703 e. The number of halogens is 1. The molecule has 2 N–H and O–H groups in total. The SMILES string of the molecule is CNCC1CCN(Cc2cn[nH]c2-c2ccsc2)CC1.Cl. The highest BCUT2D eigenvalue weighted by Crippen LogP contribution is 2.26. The third-order valence-corrected chi connectivity index (χ3v) is 4.80. The van der Waals surface area contributed by atoms with Crippen LogP contribution in [-0.2, 0) is 6.54 Å². The molecule has 4 nitrogen and oxygen atoms in total. The summed E-state index contributed by atoms with van der Waals surface area (Å²) in [5.74, 6) is 0.844. The predicted octanol–water partition coefficient (Wildman–Crippen LogP) is 2.99. The fourth-order valence-electron chi connectivity index (χ4n) is 2.97. The molecule has 116 valence electrons. The van der Waals surface area contributed by atoms with Crippen molar-refractivity contribution >= 4 is 23.7 Å². The van der Waals surface area contributed by atoms with Crippen LogP contribution in [-0.4, -0.2) is 41.8 Å². The van der Waals surface area contributed by atoms with Crippen LogP contribution in [0.4, 0.5) is 0 Å². The molecule has 3 heterocycles. The van der Waals surface area contributed by atoms with Crippen LogP contribution in [0.25, 0.3) is 11.3 Å². The largest absolute Gasteiger partial charge is 0.319 e. The minimum Gasteiger partial charge on any atom is -0.319 e.